The Morgan fingerprint density at radius 1 is 1.10 bits per heavy atom. The molecule has 160 valence electrons. The normalized spacial score (nSPS) is 13.6. The van der Waals surface area contributed by atoms with Crippen LogP contribution >= 0.6 is 35.1 Å². The molecule has 0 saturated heterocycles. The van der Waals surface area contributed by atoms with Crippen LogP contribution in [-0.4, -0.2) is 29.4 Å². The molecule has 0 fully saturated rings. The van der Waals surface area contributed by atoms with Crippen LogP contribution in [0.1, 0.15) is 31.9 Å². The molecule has 3 heterocycles. The Hall–Kier alpha value is -2.25. The highest BCUT2D eigenvalue weighted by Crippen LogP contribution is 2.45. The summed E-state index contributed by atoms with van der Waals surface area (Å²) in [6.07, 6.45) is 0.979. The number of aryl methyl sites for hydroxylation is 2. The van der Waals surface area contributed by atoms with Crippen LogP contribution in [0.3, 0.4) is 0 Å². The van der Waals surface area contributed by atoms with Gasteiger partial charge in [0.05, 0.1) is 10.2 Å². The lowest BCUT2D eigenvalue weighted by Crippen LogP contribution is -2.25. The van der Waals surface area contributed by atoms with Crippen molar-refractivity contribution < 1.29 is 4.79 Å². The molecule has 0 radical (unpaired) electrons. The third-order valence-corrected chi connectivity index (χ3v) is 7.65. The first-order valence-electron chi connectivity index (χ1n) is 10.1. The van der Waals surface area contributed by atoms with Crippen LogP contribution in [0, 0.1) is 13.8 Å². The number of rotatable bonds is 3. The third-order valence-electron chi connectivity index (χ3n) is 5.47. The largest absolute Gasteiger partial charge is 0.313 e. The highest BCUT2D eigenvalue weighted by Gasteiger charge is 2.27. The predicted molar refractivity (Wildman–Crippen MR) is 134 cm³/mol. The number of anilines is 1. The van der Waals surface area contributed by atoms with E-state index in [-0.39, 0.29) is 18.3 Å². The van der Waals surface area contributed by atoms with Crippen molar-refractivity contribution >= 4 is 56.2 Å². The summed E-state index contributed by atoms with van der Waals surface area (Å²) in [6.45, 7) is 5.98. The van der Waals surface area contributed by atoms with Crippen molar-refractivity contribution in [3.63, 3.8) is 0 Å². The Morgan fingerprint density at radius 2 is 1.84 bits per heavy atom. The topological polar surface area (TPSA) is 45.2 Å². The molecule has 0 aliphatic carbocycles. The lowest BCUT2D eigenvalue weighted by molar-refractivity contribution is 0.102. The molecule has 31 heavy (non-hydrogen) atoms. The Labute approximate surface area is 196 Å². The number of fused-ring (bicyclic) bond motifs is 2. The van der Waals surface area contributed by atoms with Gasteiger partial charge < -0.3 is 10.2 Å². The van der Waals surface area contributed by atoms with Gasteiger partial charge in [0.2, 0.25) is 0 Å². The number of carbonyl (C=O) groups is 1. The van der Waals surface area contributed by atoms with Gasteiger partial charge in [-0.15, -0.1) is 35.1 Å². The molecule has 5 rings (SSSR count). The number of nitrogens with one attached hydrogen (secondary N) is 1. The molecule has 1 aliphatic rings. The van der Waals surface area contributed by atoms with Crippen molar-refractivity contribution in [1.29, 1.82) is 0 Å². The van der Waals surface area contributed by atoms with Crippen molar-refractivity contribution in [3.05, 3.63) is 69.6 Å². The van der Waals surface area contributed by atoms with E-state index in [0.717, 1.165) is 51.7 Å². The fraction of sp³-hybridized carbons (Fsp3) is 0.250. The molecule has 4 nitrogen and oxygen atoms in total. The van der Waals surface area contributed by atoms with Gasteiger partial charge in [-0.1, -0.05) is 29.3 Å². The van der Waals surface area contributed by atoms with Gasteiger partial charge in [0.1, 0.15) is 10.0 Å². The van der Waals surface area contributed by atoms with E-state index in [9.17, 15) is 4.79 Å². The number of nitrogens with zero attached hydrogens (tertiary/aromatic N) is 2. The number of aromatic nitrogens is 1. The second-order valence-corrected chi connectivity index (χ2v) is 10.1. The zero-order chi connectivity index (χ0) is 20.8. The van der Waals surface area contributed by atoms with Gasteiger partial charge in [-0.05, 0) is 57.1 Å². The number of halogens is 1. The van der Waals surface area contributed by atoms with E-state index < -0.39 is 0 Å². The number of hydrogen-bond donors (Lipinski definition) is 1. The summed E-state index contributed by atoms with van der Waals surface area (Å²) < 4.78 is 1.17. The molecule has 1 aliphatic heterocycles. The van der Waals surface area contributed by atoms with Gasteiger partial charge in [0.15, 0.2) is 0 Å². The molecule has 0 saturated carbocycles. The molecule has 7 heteroatoms. The lowest BCUT2D eigenvalue weighted by Gasteiger charge is -2.22. The van der Waals surface area contributed by atoms with E-state index in [1.807, 2.05) is 38.1 Å². The summed E-state index contributed by atoms with van der Waals surface area (Å²) in [5.41, 5.74) is 6.36. The van der Waals surface area contributed by atoms with Crippen LogP contribution in [-0.2, 0) is 13.0 Å². The summed E-state index contributed by atoms with van der Waals surface area (Å²) in [4.78, 5) is 21.7. The molecule has 1 amide bonds. The van der Waals surface area contributed by atoms with E-state index in [0.29, 0.717) is 5.56 Å². The summed E-state index contributed by atoms with van der Waals surface area (Å²) in [5.74, 6) is -0.0592. The summed E-state index contributed by atoms with van der Waals surface area (Å²) in [7, 11) is 2.15. The molecule has 1 N–H and O–H groups in total. The van der Waals surface area contributed by atoms with E-state index in [2.05, 4.69) is 35.5 Å². The van der Waals surface area contributed by atoms with E-state index in [1.165, 1.54) is 15.1 Å². The van der Waals surface area contributed by atoms with Crippen molar-refractivity contribution in [2.24, 2.45) is 0 Å². The zero-order valence-electron chi connectivity index (χ0n) is 17.7. The first kappa shape index (κ1) is 22.0. The minimum Gasteiger partial charge on any atom is -0.313 e. The summed E-state index contributed by atoms with van der Waals surface area (Å²) in [5, 5.41) is 5.13. The minimum atomic E-state index is -0.0592. The van der Waals surface area contributed by atoms with Gasteiger partial charge in [0.25, 0.3) is 5.91 Å². The molecule has 0 spiro atoms. The van der Waals surface area contributed by atoms with Crippen LogP contribution in [0.5, 0.6) is 0 Å². The maximum atomic E-state index is 13.1. The number of thiophene rings is 1. The standard InChI is InChI=1S/C24H23N3OS2.ClH/c1-14-10-15(2)12-16(11-14)22(28)26-24-21(17-8-9-27(3)13-20(17)30-24)23-25-18-6-4-5-7-19(18)29-23;/h4-7,10-12H,8-9,13H2,1-3H3,(H,26,28);1H. The highest BCUT2D eigenvalue weighted by molar-refractivity contribution is 7.23. The number of thiazole rings is 1. The van der Waals surface area contributed by atoms with Crippen LogP contribution in [0.15, 0.2) is 42.5 Å². The van der Waals surface area contributed by atoms with Crippen molar-refractivity contribution in [2.75, 3.05) is 18.9 Å². The Balaban J connectivity index is 0.00000231. The summed E-state index contributed by atoms with van der Waals surface area (Å²) in [6, 6.07) is 14.2. The van der Waals surface area contributed by atoms with Crippen molar-refractivity contribution in [2.45, 2.75) is 26.8 Å². The average molecular weight is 470 g/mol. The fourth-order valence-corrected chi connectivity index (χ4v) is 6.54. The number of benzene rings is 2. The van der Waals surface area contributed by atoms with E-state index >= 15 is 0 Å². The Bertz CT molecular complexity index is 1220. The number of hydrogen-bond acceptors (Lipinski definition) is 5. The average Bonchev–Trinajstić information content (AvgIpc) is 3.27. The SMILES string of the molecule is Cc1cc(C)cc(C(=O)Nc2sc3c(c2-c2nc4ccccc4s2)CCN(C)C3)c1.Cl. The van der Waals surface area contributed by atoms with Crippen molar-refractivity contribution in [3.8, 4) is 10.6 Å². The van der Waals surface area contributed by atoms with E-state index in [4.69, 9.17) is 4.98 Å². The number of amides is 1. The Kier molecular flexibility index (Phi) is 6.17. The second kappa shape index (κ2) is 8.71. The van der Waals surface area contributed by atoms with Gasteiger partial charge in [-0.25, -0.2) is 4.98 Å². The molecular weight excluding hydrogens is 446 g/mol. The van der Waals surface area contributed by atoms with Gasteiger partial charge in [0, 0.05) is 29.1 Å². The molecule has 2 aromatic heterocycles. The number of likely N-dealkylation sites (N-methyl/N-ethyl adjacent to an activating group) is 1. The fourth-order valence-electron chi connectivity index (χ4n) is 4.11. The van der Waals surface area contributed by atoms with Crippen molar-refractivity contribution in [1.82, 2.24) is 9.88 Å². The van der Waals surface area contributed by atoms with Gasteiger partial charge in [-0.3, -0.25) is 4.79 Å². The highest BCUT2D eigenvalue weighted by atomic mass is 35.5. The second-order valence-electron chi connectivity index (χ2n) is 8.01. The molecule has 0 atom stereocenters. The van der Waals surface area contributed by atoms with Crippen LogP contribution < -0.4 is 5.32 Å². The smallest absolute Gasteiger partial charge is 0.256 e. The van der Waals surface area contributed by atoms with Gasteiger partial charge >= 0.3 is 0 Å². The molecule has 0 bridgehead atoms. The number of carbonyl (C=O) groups excluding carboxylic acids is 1. The monoisotopic (exact) mass is 469 g/mol. The third kappa shape index (κ3) is 4.26. The minimum absolute atomic E-state index is 0. The Morgan fingerprint density at radius 3 is 2.58 bits per heavy atom. The first-order chi connectivity index (χ1) is 14.5. The van der Waals surface area contributed by atoms with E-state index in [1.54, 1.807) is 22.7 Å². The lowest BCUT2D eigenvalue weighted by atomic mass is 10.0. The molecule has 0 unspecified atom stereocenters. The quantitative estimate of drug-likeness (QED) is 0.382. The van der Waals surface area contributed by atoms with Crippen LogP contribution in [0.4, 0.5) is 5.00 Å². The molecular formula is C24H24ClN3OS2. The predicted octanol–water partition coefficient (Wildman–Crippen LogP) is 6.30. The van der Waals surface area contributed by atoms with Gasteiger partial charge in [-0.2, -0.15) is 0 Å². The molecule has 2 aromatic carbocycles. The van der Waals surface area contributed by atoms with Crippen LogP contribution in [0.2, 0.25) is 0 Å². The molecule has 4 aromatic rings. The zero-order valence-corrected chi connectivity index (χ0v) is 20.1. The first-order valence-corrected chi connectivity index (χ1v) is 11.7. The number of para-hydroxylation sites is 1. The summed E-state index contributed by atoms with van der Waals surface area (Å²) >= 11 is 3.40. The maximum absolute atomic E-state index is 13.1. The maximum Gasteiger partial charge on any atom is 0.256 e. The van der Waals surface area contributed by atoms with Crippen LogP contribution in [0.25, 0.3) is 20.8 Å².